The summed E-state index contributed by atoms with van der Waals surface area (Å²) in [5.41, 5.74) is -0.370. The zero-order chi connectivity index (χ0) is 12.0. The fourth-order valence-corrected chi connectivity index (χ4v) is 2.70. The summed E-state index contributed by atoms with van der Waals surface area (Å²) in [6.45, 7) is 10.7. The third-order valence-corrected chi connectivity index (χ3v) is 3.69. The minimum Gasteiger partial charge on any atom is -0.444 e. The molecule has 92 valence electrons. The van der Waals surface area contributed by atoms with Crippen LogP contribution in [-0.4, -0.2) is 41.8 Å². The molecular formula is C12H22N2O2. The first kappa shape index (κ1) is 11.7. The smallest absolute Gasteiger partial charge is 0.410 e. The highest BCUT2D eigenvalue weighted by Crippen LogP contribution is 2.41. The Balaban J connectivity index is 2.03. The van der Waals surface area contributed by atoms with E-state index in [1.807, 2.05) is 25.7 Å². The van der Waals surface area contributed by atoms with E-state index in [4.69, 9.17) is 4.74 Å². The van der Waals surface area contributed by atoms with Gasteiger partial charge in [0.2, 0.25) is 0 Å². The van der Waals surface area contributed by atoms with Crippen molar-refractivity contribution in [2.24, 2.45) is 5.92 Å². The average Bonchev–Trinajstić information content (AvgIpc) is 2.61. The third kappa shape index (κ3) is 1.79. The molecule has 16 heavy (non-hydrogen) atoms. The molecule has 0 aromatic heterocycles. The molecule has 0 saturated carbocycles. The van der Waals surface area contributed by atoms with Gasteiger partial charge in [0.15, 0.2) is 0 Å². The Morgan fingerprint density at radius 1 is 1.50 bits per heavy atom. The van der Waals surface area contributed by atoms with Gasteiger partial charge in [0.05, 0.1) is 5.54 Å². The molecule has 0 bridgehead atoms. The lowest BCUT2D eigenvalue weighted by molar-refractivity contribution is -0.0706. The summed E-state index contributed by atoms with van der Waals surface area (Å²) >= 11 is 0. The van der Waals surface area contributed by atoms with E-state index in [0.29, 0.717) is 5.92 Å². The van der Waals surface area contributed by atoms with Crippen molar-refractivity contribution in [3.8, 4) is 0 Å². The van der Waals surface area contributed by atoms with E-state index in [1.165, 1.54) is 0 Å². The van der Waals surface area contributed by atoms with Crippen molar-refractivity contribution in [3.63, 3.8) is 0 Å². The highest BCUT2D eigenvalue weighted by molar-refractivity contribution is 5.71. The van der Waals surface area contributed by atoms with E-state index < -0.39 is 5.60 Å². The van der Waals surface area contributed by atoms with E-state index in [9.17, 15) is 4.79 Å². The van der Waals surface area contributed by atoms with Gasteiger partial charge in [-0.05, 0) is 39.7 Å². The Morgan fingerprint density at radius 2 is 2.19 bits per heavy atom. The summed E-state index contributed by atoms with van der Waals surface area (Å²) in [5, 5.41) is 3.34. The number of nitrogens with one attached hydrogen (secondary N) is 1. The number of carbonyl (C=O) groups excluding carboxylic acids is 1. The van der Waals surface area contributed by atoms with Gasteiger partial charge in [0.25, 0.3) is 0 Å². The summed E-state index contributed by atoms with van der Waals surface area (Å²) in [5.74, 6) is 0.579. The fraction of sp³-hybridized carbons (Fsp3) is 0.917. The summed E-state index contributed by atoms with van der Waals surface area (Å²) in [6.07, 6.45) is 0.891. The van der Waals surface area contributed by atoms with E-state index in [2.05, 4.69) is 12.2 Å². The van der Waals surface area contributed by atoms with Crippen LogP contribution < -0.4 is 5.32 Å². The second-order valence-electron chi connectivity index (χ2n) is 6.02. The average molecular weight is 226 g/mol. The van der Waals surface area contributed by atoms with Crippen LogP contribution in [0.5, 0.6) is 0 Å². The molecule has 0 unspecified atom stereocenters. The highest BCUT2D eigenvalue weighted by Gasteiger charge is 2.55. The topological polar surface area (TPSA) is 41.6 Å². The lowest BCUT2D eigenvalue weighted by Crippen LogP contribution is -2.69. The molecule has 2 aliphatic heterocycles. The maximum absolute atomic E-state index is 12.0. The molecule has 2 fully saturated rings. The first-order valence-electron chi connectivity index (χ1n) is 6.06. The van der Waals surface area contributed by atoms with Gasteiger partial charge >= 0.3 is 6.09 Å². The number of hydrogen-bond donors (Lipinski definition) is 1. The largest absolute Gasteiger partial charge is 0.444 e. The maximum Gasteiger partial charge on any atom is 0.410 e. The van der Waals surface area contributed by atoms with Crippen LogP contribution in [0.1, 0.15) is 34.1 Å². The molecule has 2 atom stereocenters. The summed E-state index contributed by atoms with van der Waals surface area (Å²) in [7, 11) is 0. The minimum absolute atomic E-state index is 0.0301. The number of nitrogens with zero attached hydrogens (tertiary/aromatic N) is 1. The predicted octanol–water partition coefficient (Wildman–Crippen LogP) is 1.61. The van der Waals surface area contributed by atoms with E-state index in [-0.39, 0.29) is 11.6 Å². The van der Waals surface area contributed by atoms with Gasteiger partial charge in [-0.2, -0.15) is 0 Å². The molecule has 0 aliphatic carbocycles. The number of rotatable bonds is 0. The second kappa shape index (κ2) is 3.62. The van der Waals surface area contributed by atoms with Gasteiger partial charge in [0.1, 0.15) is 5.60 Å². The van der Waals surface area contributed by atoms with Gasteiger partial charge in [-0.15, -0.1) is 0 Å². The van der Waals surface area contributed by atoms with Crippen LogP contribution in [0.3, 0.4) is 0 Å². The number of ether oxygens (including phenoxy) is 1. The summed E-state index contributed by atoms with van der Waals surface area (Å²) in [6, 6.07) is 0. The van der Waals surface area contributed by atoms with Crippen LogP contribution in [0.4, 0.5) is 4.79 Å². The molecule has 2 saturated heterocycles. The van der Waals surface area contributed by atoms with E-state index in [1.54, 1.807) is 0 Å². The summed E-state index contributed by atoms with van der Waals surface area (Å²) in [4.78, 5) is 13.9. The zero-order valence-corrected chi connectivity index (χ0v) is 10.7. The molecule has 1 spiro atoms. The minimum atomic E-state index is -0.400. The molecule has 2 rings (SSSR count). The Kier molecular flexibility index (Phi) is 2.65. The molecule has 2 heterocycles. The molecule has 4 heteroatoms. The van der Waals surface area contributed by atoms with Crippen molar-refractivity contribution in [2.75, 3.05) is 19.6 Å². The SMILES string of the molecule is C[C@H]1CN(C(=O)OC(C)(C)C)[C@]12CCNC2. The van der Waals surface area contributed by atoms with Crippen molar-refractivity contribution < 1.29 is 9.53 Å². The van der Waals surface area contributed by atoms with Crippen molar-refractivity contribution in [1.82, 2.24) is 10.2 Å². The van der Waals surface area contributed by atoms with E-state index >= 15 is 0 Å². The maximum atomic E-state index is 12.0. The van der Waals surface area contributed by atoms with Crippen LogP contribution in [0.2, 0.25) is 0 Å². The molecular weight excluding hydrogens is 204 g/mol. The molecule has 0 aromatic rings. The van der Waals surface area contributed by atoms with Gasteiger partial charge in [-0.25, -0.2) is 4.79 Å². The van der Waals surface area contributed by atoms with Crippen LogP contribution in [0.15, 0.2) is 0 Å². The van der Waals surface area contributed by atoms with Crippen LogP contribution in [0, 0.1) is 5.92 Å². The van der Waals surface area contributed by atoms with Crippen molar-refractivity contribution >= 4 is 6.09 Å². The van der Waals surface area contributed by atoms with Gasteiger partial charge in [0, 0.05) is 13.1 Å². The molecule has 2 aliphatic rings. The molecule has 0 aromatic carbocycles. The summed E-state index contributed by atoms with van der Waals surface area (Å²) < 4.78 is 5.44. The predicted molar refractivity (Wildman–Crippen MR) is 62.3 cm³/mol. The Labute approximate surface area is 97.3 Å². The number of hydrogen-bond acceptors (Lipinski definition) is 3. The third-order valence-electron chi connectivity index (χ3n) is 3.69. The quantitative estimate of drug-likeness (QED) is 0.682. The monoisotopic (exact) mass is 226 g/mol. The Morgan fingerprint density at radius 3 is 2.62 bits per heavy atom. The van der Waals surface area contributed by atoms with Gasteiger partial charge in [-0.1, -0.05) is 6.92 Å². The first-order valence-corrected chi connectivity index (χ1v) is 6.06. The molecule has 0 radical (unpaired) electrons. The standard InChI is InChI=1S/C12H22N2O2/c1-9-7-14(10(15)16-11(2,3)4)12(9)5-6-13-8-12/h9,13H,5-8H2,1-4H3/t9-,12-/m0/s1. The Bertz CT molecular complexity index is 290. The lowest BCUT2D eigenvalue weighted by atomic mass is 9.74. The number of likely N-dealkylation sites (tertiary alicyclic amines) is 1. The molecule has 1 N–H and O–H groups in total. The van der Waals surface area contributed by atoms with Crippen molar-refractivity contribution in [3.05, 3.63) is 0 Å². The first-order chi connectivity index (χ1) is 7.35. The van der Waals surface area contributed by atoms with Gasteiger partial charge in [-0.3, -0.25) is 0 Å². The number of carbonyl (C=O) groups is 1. The number of amides is 1. The lowest BCUT2D eigenvalue weighted by Gasteiger charge is -2.55. The van der Waals surface area contributed by atoms with E-state index in [0.717, 1.165) is 26.1 Å². The van der Waals surface area contributed by atoms with Gasteiger partial charge < -0.3 is 15.0 Å². The normalized spacial score (nSPS) is 34.0. The van der Waals surface area contributed by atoms with Crippen molar-refractivity contribution in [1.29, 1.82) is 0 Å². The van der Waals surface area contributed by atoms with Crippen LogP contribution in [0.25, 0.3) is 0 Å². The highest BCUT2D eigenvalue weighted by atomic mass is 16.6. The van der Waals surface area contributed by atoms with Crippen LogP contribution in [-0.2, 0) is 4.74 Å². The van der Waals surface area contributed by atoms with Crippen molar-refractivity contribution in [2.45, 2.75) is 45.3 Å². The Hall–Kier alpha value is -0.770. The fourth-order valence-electron chi connectivity index (χ4n) is 2.70. The second-order valence-corrected chi connectivity index (χ2v) is 6.02. The molecule has 4 nitrogen and oxygen atoms in total. The molecule has 1 amide bonds. The zero-order valence-electron chi connectivity index (χ0n) is 10.7. The van der Waals surface area contributed by atoms with Crippen LogP contribution >= 0.6 is 0 Å².